The molecule has 1 aliphatic rings. The Balaban J connectivity index is 2.20. The lowest BCUT2D eigenvalue weighted by Crippen LogP contribution is -2.54. The number of ether oxygens (including phenoxy) is 1. The van der Waals surface area contributed by atoms with Gasteiger partial charge >= 0.3 is 0 Å². The lowest BCUT2D eigenvalue weighted by molar-refractivity contribution is -0.0890. The molecule has 2 heterocycles. The van der Waals surface area contributed by atoms with E-state index < -0.39 is 0 Å². The van der Waals surface area contributed by atoms with E-state index in [0.717, 1.165) is 19.8 Å². The highest BCUT2D eigenvalue weighted by atomic mass is 32.1. The van der Waals surface area contributed by atoms with Crippen molar-refractivity contribution in [1.29, 1.82) is 0 Å². The molecule has 0 amide bonds. The summed E-state index contributed by atoms with van der Waals surface area (Å²) in [5.74, 6) is 0.690. The van der Waals surface area contributed by atoms with Gasteiger partial charge in [-0.3, -0.25) is 0 Å². The summed E-state index contributed by atoms with van der Waals surface area (Å²) in [6.07, 6.45) is 1.21. The molecule has 3 heteroatoms. The minimum Gasteiger partial charge on any atom is -0.379 e. The molecule has 0 radical (unpaired) electrons. The number of hydrogen-bond donors (Lipinski definition) is 1. The van der Waals surface area contributed by atoms with E-state index >= 15 is 0 Å². The normalized spacial score (nSPS) is 20.9. The van der Waals surface area contributed by atoms with Gasteiger partial charge in [0, 0.05) is 4.88 Å². The Morgan fingerprint density at radius 1 is 1.60 bits per heavy atom. The number of rotatable bonds is 5. The second-order valence-electron chi connectivity index (χ2n) is 4.29. The van der Waals surface area contributed by atoms with Crippen molar-refractivity contribution in [3.8, 4) is 0 Å². The van der Waals surface area contributed by atoms with E-state index in [0.29, 0.717) is 11.3 Å². The van der Waals surface area contributed by atoms with E-state index in [1.165, 1.54) is 11.3 Å². The molecular formula is C12H19NOS. The number of nitrogens with one attached hydrogen (secondary N) is 1. The largest absolute Gasteiger partial charge is 0.379 e. The molecule has 1 aliphatic heterocycles. The Morgan fingerprint density at radius 3 is 2.80 bits per heavy atom. The fraction of sp³-hybridized carbons (Fsp3) is 0.667. The van der Waals surface area contributed by atoms with Crippen LogP contribution >= 0.6 is 11.3 Å². The van der Waals surface area contributed by atoms with Gasteiger partial charge in [0.25, 0.3) is 0 Å². The predicted octanol–water partition coefficient (Wildman–Crippen LogP) is 2.26. The zero-order valence-corrected chi connectivity index (χ0v) is 10.3. The van der Waals surface area contributed by atoms with Crippen LogP contribution in [-0.4, -0.2) is 26.8 Å². The molecule has 1 atom stereocenters. The first-order chi connectivity index (χ1) is 7.33. The zero-order valence-electron chi connectivity index (χ0n) is 9.45. The van der Waals surface area contributed by atoms with Crippen molar-refractivity contribution in [1.82, 2.24) is 5.32 Å². The molecule has 1 fully saturated rings. The van der Waals surface area contributed by atoms with Crippen LogP contribution in [0.1, 0.15) is 18.2 Å². The molecule has 0 aliphatic carbocycles. The molecule has 15 heavy (non-hydrogen) atoms. The van der Waals surface area contributed by atoms with Gasteiger partial charge in [0.2, 0.25) is 0 Å². The van der Waals surface area contributed by atoms with Gasteiger partial charge in [-0.2, -0.15) is 0 Å². The average molecular weight is 225 g/mol. The van der Waals surface area contributed by atoms with Gasteiger partial charge in [-0.15, -0.1) is 11.3 Å². The summed E-state index contributed by atoms with van der Waals surface area (Å²) >= 11 is 1.87. The van der Waals surface area contributed by atoms with Crippen molar-refractivity contribution in [3.63, 3.8) is 0 Å². The molecule has 0 saturated carbocycles. The molecular weight excluding hydrogens is 206 g/mol. The van der Waals surface area contributed by atoms with Crippen LogP contribution in [0, 0.1) is 5.92 Å². The second-order valence-corrected chi connectivity index (χ2v) is 5.24. The van der Waals surface area contributed by atoms with Gasteiger partial charge < -0.3 is 10.1 Å². The van der Waals surface area contributed by atoms with Crippen molar-refractivity contribution < 1.29 is 4.74 Å². The maximum Gasteiger partial charge on any atom is 0.0596 e. The maximum absolute atomic E-state index is 5.47. The Kier molecular flexibility index (Phi) is 3.44. The standard InChI is InChI=1S/C12H19NOS/c1-3-10(7-13-2)12(8-14-9-12)11-5-4-6-15-11/h4-6,10,13H,3,7-9H2,1-2H3. The fourth-order valence-corrected chi connectivity index (χ4v) is 3.42. The van der Waals surface area contributed by atoms with Crippen LogP contribution in [0.2, 0.25) is 0 Å². The summed E-state index contributed by atoms with van der Waals surface area (Å²) < 4.78 is 5.47. The Hall–Kier alpha value is -0.380. The van der Waals surface area contributed by atoms with E-state index in [4.69, 9.17) is 4.74 Å². The summed E-state index contributed by atoms with van der Waals surface area (Å²) in [4.78, 5) is 1.50. The maximum atomic E-state index is 5.47. The lowest BCUT2D eigenvalue weighted by atomic mass is 9.71. The number of thiophene rings is 1. The smallest absolute Gasteiger partial charge is 0.0596 e. The van der Waals surface area contributed by atoms with Gasteiger partial charge in [-0.1, -0.05) is 19.4 Å². The fourth-order valence-electron chi connectivity index (χ4n) is 2.44. The van der Waals surface area contributed by atoms with E-state index in [1.54, 1.807) is 0 Å². The number of hydrogen-bond acceptors (Lipinski definition) is 3. The second kappa shape index (κ2) is 4.64. The molecule has 1 unspecified atom stereocenters. The van der Waals surface area contributed by atoms with E-state index in [1.807, 2.05) is 18.4 Å². The van der Waals surface area contributed by atoms with Gasteiger partial charge in [-0.25, -0.2) is 0 Å². The Labute approximate surface area is 95.6 Å². The first kappa shape index (κ1) is 11.1. The summed E-state index contributed by atoms with van der Waals surface area (Å²) in [6.45, 7) is 5.15. The molecule has 0 aromatic carbocycles. The van der Waals surface area contributed by atoms with Gasteiger partial charge in [-0.05, 0) is 31.0 Å². The molecule has 1 aromatic heterocycles. The highest BCUT2D eigenvalue weighted by molar-refractivity contribution is 7.10. The topological polar surface area (TPSA) is 21.3 Å². The van der Waals surface area contributed by atoms with Gasteiger partial charge in [0.1, 0.15) is 0 Å². The van der Waals surface area contributed by atoms with Crippen LogP contribution in [0.4, 0.5) is 0 Å². The molecule has 1 N–H and O–H groups in total. The molecule has 0 bridgehead atoms. The Morgan fingerprint density at radius 2 is 2.40 bits per heavy atom. The zero-order chi connectivity index (χ0) is 10.7. The quantitative estimate of drug-likeness (QED) is 0.830. The monoisotopic (exact) mass is 225 g/mol. The van der Waals surface area contributed by atoms with Crippen LogP contribution < -0.4 is 5.32 Å². The van der Waals surface area contributed by atoms with Crippen LogP contribution in [0.25, 0.3) is 0 Å². The predicted molar refractivity (Wildman–Crippen MR) is 64.5 cm³/mol. The third-order valence-electron chi connectivity index (χ3n) is 3.46. The van der Waals surface area contributed by atoms with Gasteiger partial charge in [0.05, 0.1) is 18.6 Å². The van der Waals surface area contributed by atoms with Crippen LogP contribution in [0.5, 0.6) is 0 Å². The van der Waals surface area contributed by atoms with Gasteiger partial charge in [0.15, 0.2) is 0 Å². The summed E-state index contributed by atoms with van der Waals surface area (Å²) in [5.41, 5.74) is 0.298. The van der Waals surface area contributed by atoms with Crippen molar-refractivity contribution in [2.45, 2.75) is 18.8 Å². The Bertz CT molecular complexity index is 293. The SMILES string of the molecule is CCC(CNC)C1(c2cccs2)COC1. The molecule has 2 nitrogen and oxygen atoms in total. The highest BCUT2D eigenvalue weighted by Crippen LogP contribution is 2.42. The minimum atomic E-state index is 0.298. The first-order valence-corrected chi connectivity index (χ1v) is 6.48. The third kappa shape index (κ3) is 1.84. The average Bonchev–Trinajstić information content (AvgIpc) is 2.68. The molecule has 84 valence electrons. The van der Waals surface area contributed by atoms with E-state index in [9.17, 15) is 0 Å². The summed E-state index contributed by atoms with van der Waals surface area (Å²) in [7, 11) is 2.03. The molecule has 0 spiro atoms. The van der Waals surface area contributed by atoms with Crippen LogP contribution in [-0.2, 0) is 10.2 Å². The van der Waals surface area contributed by atoms with Crippen molar-refractivity contribution in [2.24, 2.45) is 5.92 Å². The van der Waals surface area contributed by atoms with E-state index in [-0.39, 0.29) is 0 Å². The molecule has 2 rings (SSSR count). The first-order valence-electron chi connectivity index (χ1n) is 5.60. The van der Waals surface area contributed by atoms with Crippen molar-refractivity contribution in [2.75, 3.05) is 26.8 Å². The third-order valence-corrected chi connectivity index (χ3v) is 4.55. The summed E-state index contributed by atoms with van der Waals surface area (Å²) in [5, 5.41) is 5.47. The lowest BCUT2D eigenvalue weighted by Gasteiger charge is -2.46. The van der Waals surface area contributed by atoms with Crippen LogP contribution in [0.15, 0.2) is 17.5 Å². The van der Waals surface area contributed by atoms with Crippen molar-refractivity contribution >= 4 is 11.3 Å². The van der Waals surface area contributed by atoms with Crippen molar-refractivity contribution in [3.05, 3.63) is 22.4 Å². The minimum absolute atomic E-state index is 0.298. The molecule has 1 aromatic rings. The van der Waals surface area contributed by atoms with Crippen LogP contribution in [0.3, 0.4) is 0 Å². The van der Waals surface area contributed by atoms with E-state index in [2.05, 4.69) is 29.8 Å². The summed E-state index contributed by atoms with van der Waals surface area (Å²) in [6, 6.07) is 4.40. The molecule has 1 saturated heterocycles. The highest BCUT2D eigenvalue weighted by Gasteiger charge is 2.46.